The minimum atomic E-state index is -0.926. The summed E-state index contributed by atoms with van der Waals surface area (Å²) in [5.74, 6) is -1.24. The van der Waals surface area contributed by atoms with Gasteiger partial charge in [0.2, 0.25) is 0 Å². The third kappa shape index (κ3) is 2.97. The zero-order chi connectivity index (χ0) is 17.3. The van der Waals surface area contributed by atoms with Gasteiger partial charge in [-0.25, -0.2) is 0 Å². The highest BCUT2D eigenvalue weighted by molar-refractivity contribution is 6.01. The Morgan fingerprint density at radius 2 is 1.96 bits per heavy atom. The molecule has 0 saturated heterocycles. The van der Waals surface area contributed by atoms with Crippen LogP contribution in [-0.2, 0) is 9.59 Å². The summed E-state index contributed by atoms with van der Waals surface area (Å²) in [5.41, 5.74) is 2.36. The molecule has 2 unspecified atom stereocenters. The number of rotatable bonds is 4. The first-order valence-corrected chi connectivity index (χ1v) is 7.84. The number of nitrogens with zero attached hydrogens (tertiary/aromatic N) is 1. The molecular weight excluding hydrogens is 306 g/mol. The zero-order valence-corrected chi connectivity index (χ0v) is 13.6. The molecule has 124 valence electrons. The maximum absolute atomic E-state index is 12.8. The maximum Gasteiger partial charge on any atom is 0.312 e. The molecule has 0 radical (unpaired) electrons. The number of ether oxygens (including phenoxy) is 1. The van der Waals surface area contributed by atoms with E-state index >= 15 is 0 Å². The number of hydrogen-bond acceptors (Lipinski definition) is 3. The first-order valence-electron chi connectivity index (χ1n) is 7.84. The lowest BCUT2D eigenvalue weighted by atomic mass is 10.0. The van der Waals surface area contributed by atoms with Crippen molar-refractivity contribution in [1.29, 1.82) is 0 Å². The predicted octanol–water partition coefficient (Wildman–Crippen LogP) is 2.98. The summed E-state index contributed by atoms with van der Waals surface area (Å²) in [5, 5.41) is 9.39. The Balaban J connectivity index is 1.81. The second kappa shape index (κ2) is 6.35. The zero-order valence-electron chi connectivity index (χ0n) is 13.6. The van der Waals surface area contributed by atoms with Crippen molar-refractivity contribution in [3.8, 4) is 5.75 Å². The Labute approximate surface area is 140 Å². The molecule has 0 bridgehead atoms. The lowest BCUT2D eigenvalue weighted by Gasteiger charge is -2.22. The van der Waals surface area contributed by atoms with Crippen LogP contribution in [0.4, 0.5) is 5.69 Å². The Bertz CT molecular complexity index is 786. The van der Waals surface area contributed by atoms with E-state index in [4.69, 9.17) is 4.74 Å². The first kappa shape index (κ1) is 16.1. The number of benzene rings is 2. The molecule has 2 aromatic carbocycles. The molecule has 1 aliphatic rings. The van der Waals surface area contributed by atoms with Crippen LogP contribution in [0.1, 0.15) is 24.0 Å². The molecular formula is C19H19NO4. The summed E-state index contributed by atoms with van der Waals surface area (Å²) in [4.78, 5) is 25.7. The number of carbonyl (C=O) groups excluding carboxylic acids is 1. The Hall–Kier alpha value is -2.82. The van der Waals surface area contributed by atoms with Gasteiger partial charge in [-0.3, -0.25) is 9.59 Å². The number of hydrogen-bond donors (Lipinski definition) is 1. The summed E-state index contributed by atoms with van der Waals surface area (Å²) < 4.78 is 5.74. The van der Waals surface area contributed by atoms with Crippen LogP contribution in [0.5, 0.6) is 5.75 Å². The lowest BCUT2D eigenvalue weighted by Crippen LogP contribution is -2.40. The van der Waals surface area contributed by atoms with Gasteiger partial charge in [0.1, 0.15) is 11.7 Å². The maximum atomic E-state index is 12.8. The van der Waals surface area contributed by atoms with Crippen molar-refractivity contribution in [2.24, 2.45) is 0 Å². The van der Waals surface area contributed by atoms with Gasteiger partial charge >= 0.3 is 5.97 Å². The summed E-state index contributed by atoms with van der Waals surface area (Å²) in [6.45, 7) is 3.77. The number of para-hydroxylation sites is 1. The van der Waals surface area contributed by atoms with E-state index < -0.39 is 18.0 Å². The molecule has 0 spiro atoms. The number of amides is 1. The van der Waals surface area contributed by atoms with Gasteiger partial charge in [-0.1, -0.05) is 30.3 Å². The molecule has 1 heterocycles. The van der Waals surface area contributed by atoms with Crippen LogP contribution in [0, 0.1) is 6.92 Å². The normalized spacial score (nSPS) is 17.2. The average Bonchev–Trinajstić information content (AvgIpc) is 2.94. The van der Waals surface area contributed by atoms with Crippen molar-refractivity contribution in [3.63, 3.8) is 0 Å². The van der Waals surface area contributed by atoms with Crippen molar-refractivity contribution >= 4 is 17.6 Å². The standard InChI is InChI=1S/C19H19NO4/c1-12-6-5-7-14(10-12)24-13(2)18(21)20-11-16(19(22)23)15-8-3-4-9-17(15)20/h3-10,13,16H,11H2,1-2H3,(H,22,23). The van der Waals surface area contributed by atoms with Gasteiger partial charge in [0.05, 0.1) is 0 Å². The van der Waals surface area contributed by atoms with Gasteiger partial charge in [-0.15, -0.1) is 0 Å². The molecule has 0 fully saturated rings. The number of carbonyl (C=O) groups is 2. The summed E-state index contributed by atoms with van der Waals surface area (Å²) in [7, 11) is 0. The van der Waals surface area contributed by atoms with E-state index in [9.17, 15) is 14.7 Å². The number of carboxylic acids is 1. The molecule has 0 aliphatic carbocycles. The molecule has 1 amide bonds. The monoisotopic (exact) mass is 325 g/mol. The number of aliphatic carboxylic acids is 1. The summed E-state index contributed by atoms with van der Waals surface area (Å²) >= 11 is 0. The number of carboxylic acid groups (broad SMARTS) is 1. The van der Waals surface area contributed by atoms with E-state index in [-0.39, 0.29) is 12.5 Å². The topological polar surface area (TPSA) is 66.8 Å². The van der Waals surface area contributed by atoms with Gasteiger partial charge in [0.15, 0.2) is 6.10 Å². The molecule has 0 saturated carbocycles. The fraction of sp³-hybridized carbons (Fsp3) is 0.263. The fourth-order valence-corrected chi connectivity index (χ4v) is 2.99. The van der Waals surface area contributed by atoms with Gasteiger partial charge in [-0.2, -0.15) is 0 Å². The minimum absolute atomic E-state index is 0.134. The quantitative estimate of drug-likeness (QED) is 0.938. The van der Waals surface area contributed by atoms with E-state index in [1.54, 1.807) is 37.3 Å². The number of fused-ring (bicyclic) bond motifs is 1. The highest BCUT2D eigenvalue weighted by Crippen LogP contribution is 2.36. The minimum Gasteiger partial charge on any atom is -0.481 e. The summed E-state index contributed by atoms with van der Waals surface area (Å²) in [6, 6.07) is 14.6. The molecule has 2 aromatic rings. The molecule has 3 rings (SSSR count). The summed E-state index contributed by atoms with van der Waals surface area (Å²) in [6.07, 6.45) is -0.701. The van der Waals surface area contributed by atoms with E-state index in [0.29, 0.717) is 17.0 Å². The second-order valence-electron chi connectivity index (χ2n) is 5.98. The third-order valence-corrected chi connectivity index (χ3v) is 4.18. The average molecular weight is 325 g/mol. The molecule has 1 aliphatic heterocycles. The number of aryl methyl sites for hydroxylation is 1. The lowest BCUT2D eigenvalue weighted by molar-refractivity contribution is -0.138. The molecule has 1 N–H and O–H groups in total. The van der Waals surface area contributed by atoms with Gasteiger partial charge < -0.3 is 14.7 Å². The van der Waals surface area contributed by atoms with E-state index in [0.717, 1.165) is 5.56 Å². The number of anilines is 1. The van der Waals surface area contributed by atoms with Crippen LogP contribution < -0.4 is 9.64 Å². The van der Waals surface area contributed by atoms with Crippen LogP contribution >= 0.6 is 0 Å². The van der Waals surface area contributed by atoms with Crippen molar-refractivity contribution < 1.29 is 19.4 Å². The van der Waals surface area contributed by atoms with Crippen molar-refractivity contribution in [1.82, 2.24) is 0 Å². The molecule has 5 heteroatoms. The van der Waals surface area contributed by atoms with Crippen LogP contribution in [0.3, 0.4) is 0 Å². The van der Waals surface area contributed by atoms with Gasteiger partial charge in [0, 0.05) is 12.2 Å². The molecule has 5 nitrogen and oxygen atoms in total. The first-order chi connectivity index (χ1) is 11.5. The van der Waals surface area contributed by atoms with E-state index in [1.807, 2.05) is 25.1 Å². The Morgan fingerprint density at radius 1 is 1.21 bits per heavy atom. The third-order valence-electron chi connectivity index (χ3n) is 4.18. The van der Waals surface area contributed by atoms with Crippen LogP contribution in [0.15, 0.2) is 48.5 Å². The SMILES string of the molecule is Cc1cccc(OC(C)C(=O)N2CC(C(=O)O)c3ccccc32)c1. The van der Waals surface area contributed by atoms with Crippen molar-refractivity contribution in [2.45, 2.75) is 25.9 Å². The highest BCUT2D eigenvalue weighted by atomic mass is 16.5. The largest absolute Gasteiger partial charge is 0.481 e. The van der Waals surface area contributed by atoms with E-state index in [2.05, 4.69) is 0 Å². The van der Waals surface area contributed by atoms with Crippen molar-refractivity contribution in [3.05, 3.63) is 59.7 Å². The predicted molar refractivity (Wildman–Crippen MR) is 90.4 cm³/mol. The van der Waals surface area contributed by atoms with Gasteiger partial charge in [0.25, 0.3) is 5.91 Å². The van der Waals surface area contributed by atoms with Crippen molar-refractivity contribution in [2.75, 3.05) is 11.4 Å². The Kier molecular flexibility index (Phi) is 4.25. The van der Waals surface area contributed by atoms with Crippen LogP contribution in [0.2, 0.25) is 0 Å². The molecule has 0 aromatic heterocycles. The molecule has 2 atom stereocenters. The fourth-order valence-electron chi connectivity index (χ4n) is 2.99. The smallest absolute Gasteiger partial charge is 0.312 e. The highest BCUT2D eigenvalue weighted by Gasteiger charge is 2.38. The van der Waals surface area contributed by atoms with Gasteiger partial charge in [-0.05, 0) is 43.2 Å². The van der Waals surface area contributed by atoms with Crippen LogP contribution in [0.25, 0.3) is 0 Å². The van der Waals surface area contributed by atoms with Crippen LogP contribution in [-0.4, -0.2) is 29.6 Å². The second-order valence-corrected chi connectivity index (χ2v) is 5.98. The van der Waals surface area contributed by atoms with E-state index in [1.165, 1.54) is 4.90 Å². The molecule has 24 heavy (non-hydrogen) atoms. The Morgan fingerprint density at radius 3 is 2.67 bits per heavy atom.